The van der Waals surface area contributed by atoms with Crippen LogP contribution in [0.2, 0.25) is 0 Å². The fourth-order valence-electron chi connectivity index (χ4n) is 8.24. The van der Waals surface area contributed by atoms with E-state index in [0.29, 0.717) is 0 Å². The Bertz CT molecular complexity index is 3180. The van der Waals surface area contributed by atoms with Crippen molar-refractivity contribution < 1.29 is 8.83 Å². The van der Waals surface area contributed by atoms with Gasteiger partial charge in [-0.05, 0) is 88.0 Å². The maximum atomic E-state index is 6.69. The van der Waals surface area contributed by atoms with Gasteiger partial charge in [0.15, 0.2) is 0 Å². The first-order valence-corrected chi connectivity index (χ1v) is 18.7. The van der Waals surface area contributed by atoms with Crippen LogP contribution in [-0.4, -0.2) is 0 Å². The molecule has 0 atom stereocenters. The Balaban J connectivity index is 1.00. The first kappa shape index (κ1) is 31.2. The molecule has 0 aliphatic carbocycles. The molecule has 3 nitrogen and oxygen atoms in total. The van der Waals surface area contributed by atoms with E-state index in [1.54, 1.807) is 0 Å². The summed E-state index contributed by atoms with van der Waals surface area (Å²) in [5, 5.41) is 6.71. The summed E-state index contributed by atoms with van der Waals surface area (Å²) < 4.78 is 12.9. The van der Waals surface area contributed by atoms with Crippen LogP contribution in [0.3, 0.4) is 0 Å². The van der Waals surface area contributed by atoms with Crippen molar-refractivity contribution >= 4 is 71.7 Å². The molecule has 0 aliphatic heterocycles. The molecule has 0 radical (unpaired) electrons. The Morgan fingerprint density at radius 2 is 0.891 bits per heavy atom. The van der Waals surface area contributed by atoms with Crippen LogP contribution in [0.1, 0.15) is 0 Å². The average Bonchev–Trinajstić information content (AvgIpc) is 3.83. The van der Waals surface area contributed by atoms with Crippen molar-refractivity contribution in [2.75, 3.05) is 4.90 Å². The van der Waals surface area contributed by atoms with Gasteiger partial charge in [-0.15, -0.1) is 0 Å². The molecule has 0 unspecified atom stereocenters. The van der Waals surface area contributed by atoms with E-state index in [1.165, 1.54) is 11.1 Å². The summed E-state index contributed by atoms with van der Waals surface area (Å²) in [6.45, 7) is 0. The van der Waals surface area contributed by atoms with E-state index in [4.69, 9.17) is 8.83 Å². The van der Waals surface area contributed by atoms with Gasteiger partial charge in [-0.25, -0.2) is 0 Å². The lowest BCUT2D eigenvalue weighted by Crippen LogP contribution is -2.10. The van der Waals surface area contributed by atoms with Crippen molar-refractivity contribution in [3.05, 3.63) is 200 Å². The smallest absolute Gasteiger partial charge is 0.143 e. The summed E-state index contributed by atoms with van der Waals surface area (Å²) in [7, 11) is 0. The number of benzene rings is 9. The van der Waals surface area contributed by atoms with Crippen molar-refractivity contribution in [2.45, 2.75) is 0 Å². The molecule has 0 fully saturated rings. The van der Waals surface area contributed by atoms with Crippen molar-refractivity contribution in [3.8, 4) is 33.4 Å². The molecule has 2 heterocycles. The second-order valence-corrected chi connectivity index (χ2v) is 14.1. The van der Waals surface area contributed by atoms with Gasteiger partial charge in [0.2, 0.25) is 0 Å². The van der Waals surface area contributed by atoms with Gasteiger partial charge in [0, 0.05) is 43.7 Å². The maximum absolute atomic E-state index is 6.69. The highest BCUT2D eigenvalue weighted by Crippen LogP contribution is 2.45. The van der Waals surface area contributed by atoms with Crippen molar-refractivity contribution in [3.63, 3.8) is 0 Å². The summed E-state index contributed by atoms with van der Waals surface area (Å²) in [4.78, 5) is 2.36. The van der Waals surface area contributed by atoms with Crippen LogP contribution in [-0.2, 0) is 0 Å². The minimum Gasteiger partial charge on any atom is -0.456 e. The normalized spacial score (nSPS) is 11.6. The first-order valence-electron chi connectivity index (χ1n) is 18.7. The quantitative estimate of drug-likeness (QED) is 0.173. The molecule has 0 aliphatic rings. The number of para-hydroxylation sites is 2. The third-order valence-corrected chi connectivity index (χ3v) is 10.9. The molecule has 0 N–H and O–H groups in total. The average molecular weight is 704 g/mol. The fraction of sp³-hybridized carbons (Fsp3) is 0. The lowest BCUT2D eigenvalue weighted by molar-refractivity contribution is 0.669. The van der Waals surface area contributed by atoms with Crippen LogP contribution < -0.4 is 4.90 Å². The van der Waals surface area contributed by atoms with Gasteiger partial charge in [-0.3, -0.25) is 0 Å². The van der Waals surface area contributed by atoms with Gasteiger partial charge in [-0.2, -0.15) is 0 Å². The number of hydrogen-bond donors (Lipinski definition) is 0. The monoisotopic (exact) mass is 703 g/mol. The van der Waals surface area contributed by atoms with Crippen LogP contribution >= 0.6 is 0 Å². The molecule has 0 bridgehead atoms. The largest absolute Gasteiger partial charge is 0.456 e. The Morgan fingerprint density at radius 1 is 0.309 bits per heavy atom. The maximum Gasteiger partial charge on any atom is 0.143 e. The number of fused-ring (bicyclic) bond motifs is 8. The van der Waals surface area contributed by atoms with Crippen LogP contribution in [0.15, 0.2) is 209 Å². The number of furan rings is 2. The zero-order valence-electron chi connectivity index (χ0n) is 29.8. The second kappa shape index (κ2) is 12.6. The summed E-state index contributed by atoms with van der Waals surface area (Å²) in [6, 6.07) is 70.9. The van der Waals surface area contributed by atoms with Gasteiger partial charge in [0.05, 0.1) is 5.69 Å². The predicted molar refractivity (Wildman–Crippen MR) is 229 cm³/mol. The highest BCUT2D eigenvalue weighted by molar-refractivity contribution is 6.20. The Kier molecular flexibility index (Phi) is 7.17. The van der Waals surface area contributed by atoms with E-state index >= 15 is 0 Å². The van der Waals surface area contributed by atoms with Gasteiger partial charge < -0.3 is 13.7 Å². The third kappa shape index (κ3) is 5.20. The SMILES string of the molecule is c1ccc(-c2ccc3c(c2)oc2c4ccccc4c(N(c4ccccc4)c4ccc(-c5ccc(-c6cccc7oc8ccccc8c67)cc5)cc4)cc32)cc1. The van der Waals surface area contributed by atoms with E-state index in [9.17, 15) is 0 Å². The molecule has 0 amide bonds. The van der Waals surface area contributed by atoms with Crippen LogP contribution in [0, 0.1) is 0 Å². The molecular formula is C52H33NO2. The Hall–Kier alpha value is -7.36. The van der Waals surface area contributed by atoms with Gasteiger partial charge in [0.1, 0.15) is 22.3 Å². The molecule has 2 aromatic heterocycles. The first-order chi connectivity index (χ1) is 27.3. The molecule has 0 saturated carbocycles. The molecule has 0 saturated heterocycles. The topological polar surface area (TPSA) is 29.5 Å². The van der Waals surface area contributed by atoms with Crippen molar-refractivity contribution in [1.29, 1.82) is 0 Å². The molecule has 3 heteroatoms. The predicted octanol–water partition coefficient (Wildman–Crippen LogP) is 15.1. The van der Waals surface area contributed by atoms with E-state index in [-0.39, 0.29) is 0 Å². The summed E-state index contributed by atoms with van der Waals surface area (Å²) >= 11 is 0. The summed E-state index contributed by atoms with van der Waals surface area (Å²) in [5.41, 5.74) is 13.8. The third-order valence-electron chi connectivity index (χ3n) is 10.9. The minimum atomic E-state index is 0.884. The second-order valence-electron chi connectivity index (χ2n) is 14.1. The molecule has 11 rings (SSSR count). The number of nitrogens with zero attached hydrogens (tertiary/aromatic N) is 1. The standard InChI is InChI=1S/C52H33NO2/c1-3-12-34(13-4-1)38-28-31-43-46-33-47(42-16-7-8-17-44(42)52(46)55-50(43)32-38)53(39-14-5-2-6-15-39)40-29-26-36(27-30-40)35-22-24-37(25-23-35)41-19-11-21-49-51(41)45-18-9-10-20-48(45)54-49/h1-33H. The van der Waals surface area contributed by atoms with E-state index in [1.807, 2.05) is 24.3 Å². The highest BCUT2D eigenvalue weighted by atomic mass is 16.3. The van der Waals surface area contributed by atoms with E-state index < -0.39 is 0 Å². The zero-order chi connectivity index (χ0) is 36.3. The summed E-state index contributed by atoms with van der Waals surface area (Å²) in [5.74, 6) is 0. The van der Waals surface area contributed by atoms with Crippen molar-refractivity contribution in [2.24, 2.45) is 0 Å². The molecule has 55 heavy (non-hydrogen) atoms. The molecule has 11 aromatic rings. The Morgan fingerprint density at radius 3 is 1.67 bits per heavy atom. The van der Waals surface area contributed by atoms with Crippen molar-refractivity contribution in [1.82, 2.24) is 0 Å². The summed E-state index contributed by atoms with van der Waals surface area (Å²) in [6.07, 6.45) is 0. The number of anilines is 3. The lowest BCUT2D eigenvalue weighted by Gasteiger charge is -2.27. The fourth-order valence-corrected chi connectivity index (χ4v) is 8.24. The van der Waals surface area contributed by atoms with Gasteiger partial charge >= 0.3 is 0 Å². The molecule has 9 aromatic carbocycles. The Labute approximate surface area is 317 Å². The molecule has 258 valence electrons. The number of rotatable bonds is 6. The van der Waals surface area contributed by atoms with Gasteiger partial charge in [0.25, 0.3) is 0 Å². The molecule has 0 spiro atoms. The highest BCUT2D eigenvalue weighted by Gasteiger charge is 2.21. The molecular weight excluding hydrogens is 671 g/mol. The van der Waals surface area contributed by atoms with Crippen LogP contribution in [0.25, 0.3) is 88.0 Å². The van der Waals surface area contributed by atoms with Crippen LogP contribution in [0.5, 0.6) is 0 Å². The number of hydrogen-bond acceptors (Lipinski definition) is 3. The minimum absolute atomic E-state index is 0.884. The van der Waals surface area contributed by atoms with E-state index in [0.717, 1.165) is 94.0 Å². The van der Waals surface area contributed by atoms with Gasteiger partial charge in [-0.1, -0.05) is 146 Å². The van der Waals surface area contributed by atoms with E-state index in [2.05, 4.69) is 181 Å². The zero-order valence-corrected chi connectivity index (χ0v) is 29.8. The lowest BCUT2D eigenvalue weighted by atomic mass is 9.96. The van der Waals surface area contributed by atoms with Crippen LogP contribution in [0.4, 0.5) is 17.1 Å².